The van der Waals surface area contributed by atoms with Crippen LogP contribution in [0.2, 0.25) is 0 Å². The third kappa shape index (κ3) is 4.01. The van der Waals surface area contributed by atoms with E-state index in [1.54, 1.807) is 0 Å². The number of likely N-dealkylation sites (tertiary alicyclic amines) is 1. The van der Waals surface area contributed by atoms with Crippen LogP contribution >= 0.6 is 0 Å². The SMILES string of the molecule is [CH2-]CCN1CCCCC1C.[Y]. The van der Waals surface area contributed by atoms with Crippen molar-refractivity contribution in [3.05, 3.63) is 6.92 Å². The second-order valence-corrected chi connectivity index (χ2v) is 3.23. The van der Waals surface area contributed by atoms with Gasteiger partial charge in [-0.15, -0.1) is 0 Å². The average Bonchev–Trinajstić information content (AvgIpc) is 1.94. The minimum Gasteiger partial charge on any atom is -0.342 e. The Morgan fingerprint density at radius 1 is 1.45 bits per heavy atom. The first kappa shape index (κ1) is 12.1. The molecule has 0 aliphatic carbocycles. The van der Waals surface area contributed by atoms with E-state index >= 15 is 0 Å². The molecule has 1 radical (unpaired) electrons. The zero-order valence-corrected chi connectivity index (χ0v) is 10.4. The van der Waals surface area contributed by atoms with E-state index in [0.29, 0.717) is 0 Å². The van der Waals surface area contributed by atoms with Crippen LogP contribution in [0.1, 0.15) is 32.6 Å². The Balaban J connectivity index is 0.000001000. The molecule has 1 aliphatic heterocycles. The van der Waals surface area contributed by atoms with Crippen LogP contribution in [0.4, 0.5) is 0 Å². The molecule has 1 nitrogen and oxygen atoms in total. The van der Waals surface area contributed by atoms with Crippen molar-refractivity contribution in [1.82, 2.24) is 4.90 Å². The molecule has 0 bridgehead atoms. The summed E-state index contributed by atoms with van der Waals surface area (Å²) < 4.78 is 0. The second-order valence-electron chi connectivity index (χ2n) is 3.23. The maximum Gasteiger partial charge on any atom is 0.00658 e. The summed E-state index contributed by atoms with van der Waals surface area (Å²) in [7, 11) is 0. The van der Waals surface area contributed by atoms with Gasteiger partial charge in [-0.3, -0.25) is 0 Å². The van der Waals surface area contributed by atoms with E-state index in [4.69, 9.17) is 0 Å². The predicted octanol–water partition coefficient (Wildman–Crippen LogP) is 2.08. The van der Waals surface area contributed by atoms with E-state index < -0.39 is 0 Å². The summed E-state index contributed by atoms with van der Waals surface area (Å²) in [6.45, 7) is 8.70. The van der Waals surface area contributed by atoms with E-state index in [-0.39, 0.29) is 32.7 Å². The van der Waals surface area contributed by atoms with Crippen molar-refractivity contribution >= 4 is 0 Å². The molecule has 0 aromatic heterocycles. The van der Waals surface area contributed by atoms with E-state index in [2.05, 4.69) is 18.7 Å². The molecule has 1 rings (SSSR count). The van der Waals surface area contributed by atoms with Gasteiger partial charge in [0.2, 0.25) is 0 Å². The minimum atomic E-state index is 0. The third-order valence-electron chi connectivity index (χ3n) is 2.39. The molecule has 1 atom stereocenters. The topological polar surface area (TPSA) is 3.24 Å². The molecule has 0 aromatic carbocycles. The Kier molecular flexibility index (Phi) is 7.20. The van der Waals surface area contributed by atoms with Crippen LogP contribution in [-0.4, -0.2) is 24.0 Å². The Morgan fingerprint density at radius 3 is 2.73 bits per heavy atom. The van der Waals surface area contributed by atoms with Gasteiger partial charge in [0.25, 0.3) is 0 Å². The first-order valence-corrected chi connectivity index (χ1v) is 4.38. The molecule has 1 unspecified atom stereocenters. The van der Waals surface area contributed by atoms with E-state index in [9.17, 15) is 0 Å². The molecule has 0 amide bonds. The summed E-state index contributed by atoms with van der Waals surface area (Å²) in [4.78, 5) is 2.55. The summed E-state index contributed by atoms with van der Waals surface area (Å²) in [5, 5.41) is 0. The third-order valence-corrected chi connectivity index (χ3v) is 2.39. The van der Waals surface area contributed by atoms with Crippen LogP contribution in [-0.2, 0) is 32.7 Å². The Hall–Kier alpha value is 1.06. The smallest absolute Gasteiger partial charge is 0.00658 e. The normalized spacial score (nSPS) is 26.2. The van der Waals surface area contributed by atoms with Gasteiger partial charge in [0.1, 0.15) is 0 Å². The van der Waals surface area contributed by atoms with Crippen LogP contribution in [0.5, 0.6) is 0 Å². The number of rotatable bonds is 2. The fraction of sp³-hybridized carbons (Fsp3) is 0.889. The van der Waals surface area contributed by atoms with Crippen molar-refractivity contribution in [3.63, 3.8) is 0 Å². The van der Waals surface area contributed by atoms with Crippen molar-refractivity contribution in [1.29, 1.82) is 0 Å². The number of hydrogen-bond donors (Lipinski definition) is 0. The zero-order valence-electron chi connectivity index (χ0n) is 7.55. The van der Waals surface area contributed by atoms with Crippen LogP contribution in [0.15, 0.2) is 0 Å². The molecule has 0 N–H and O–H groups in total. The van der Waals surface area contributed by atoms with Crippen molar-refractivity contribution < 1.29 is 32.7 Å². The second kappa shape index (κ2) is 6.57. The molecular formula is C9H18NY-. The van der Waals surface area contributed by atoms with Gasteiger partial charge in [-0.1, -0.05) is 6.42 Å². The molecule has 0 aromatic rings. The van der Waals surface area contributed by atoms with E-state index in [1.165, 1.54) is 32.4 Å². The van der Waals surface area contributed by atoms with Crippen molar-refractivity contribution in [2.24, 2.45) is 0 Å². The van der Waals surface area contributed by atoms with Crippen LogP contribution in [0.3, 0.4) is 0 Å². The number of piperidine rings is 1. The standard InChI is InChI=1S/C9H18N.Y/c1-3-7-10-8-5-4-6-9(10)2;/h9H,1,3-8H2,2H3;/q-1;. The molecule has 0 saturated carbocycles. The van der Waals surface area contributed by atoms with Gasteiger partial charge < -0.3 is 11.8 Å². The largest absolute Gasteiger partial charge is 0.342 e. The fourth-order valence-corrected chi connectivity index (χ4v) is 1.69. The molecule has 1 fully saturated rings. The number of nitrogens with zero attached hydrogens (tertiary/aromatic N) is 1. The molecule has 63 valence electrons. The van der Waals surface area contributed by atoms with Gasteiger partial charge in [-0.25, -0.2) is 0 Å². The first-order valence-electron chi connectivity index (χ1n) is 4.38. The quantitative estimate of drug-likeness (QED) is 0.655. The predicted molar refractivity (Wildman–Crippen MR) is 44.9 cm³/mol. The van der Waals surface area contributed by atoms with Crippen LogP contribution in [0, 0.1) is 6.92 Å². The summed E-state index contributed by atoms with van der Waals surface area (Å²) in [5.41, 5.74) is 0. The Bertz CT molecular complexity index is 93.6. The molecule has 11 heavy (non-hydrogen) atoms. The summed E-state index contributed by atoms with van der Waals surface area (Å²) in [6, 6.07) is 0.815. The molecule has 0 spiro atoms. The van der Waals surface area contributed by atoms with Gasteiger partial charge in [-0.05, 0) is 32.9 Å². The molecule has 1 saturated heterocycles. The average molecular weight is 229 g/mol. The molecule has 1 heterocycles. The van der Waals surface area contributed by atoms with Crippen LogP contribution < -0.4 is 0 Å². The van der Waals surface area contributed by atoms with Gasteiger partial charge >= 0.3 is 0 Å². The molecular weight excluding hydrogens is 211 g/mol. The first-order chi connectivity index (χ1) is 4.84. The summed E-state index contributed by atoms with van der Waals surface area (Å²) in [5.74, 6) is 0. The van der Waals surface area contributed by atoms with Gasteiger partial charge in [0.05, 0.1) is 0 Å². The maximum atomic E-state index is 3.87. The minimum absolute atomic E-state index is 0. The number of hydrogen-bond acceptors (Lipinski definition) is 1. The maximum absolute atomic E-state index is 3.87. The van der Waals surface area contributed by atoms with E-state index in [0.717, 1.165) is 12.5 Å². The molecule has 1 aliphatic rings. The van der Waals surface area contributed by atoms with Crippen molar-refractivity contribution in [3.8, 4) is 0 Å². The van der Waals surface area contributed by atoms with Crippen molar-refractivity contribution in [2.75, 3.05) is 13.1 Å². The monoisotopic (exact) mass is 229 g/mol. The van der Waals surface area contributed by atoms with Gasteiger partial charge in [-0.2, -0.15) is 6.42 Å². The molecule has 2 heteroatoms. The Morgan fingerprint density at radius 2 is 2.18 bits per heavy atom. The zero-order chi connectivity index (χ0) is 7.40. The van der Waals surface area contributed by atoms with E-state index in [1.807, 2.05) is 0 Å². The van der Waals surface area contributed by atoms with Gasteiger partial charge in [0, 0.05) is 38.8 Å². The van der Waals surface area contributed by atoms with Gasteiger partial charge in [0.15, 0.2) is 0 Å². The van der Waals surface area contributed by atoms with Crippen molar-refractivity contribution in [2.45, 2.75) is 38.6 Å². The fourth-order valence-electron chi connectivity index (χ4n) is 1.69. The summed E-state index contributed by atoms with van der Waals surface area (Å²) >= 11 is 0. The summed E-state index contributed by atoms with van der Waals surface area (Å²) in [6.07, 6.45) is 5.27. The van der Waals surface area contributed by atoms with Crippen LogP contribution in [0.25, 0.3) is 0 Å². The Labute approximate surface area is 95.8 Å².